The summed E-state index contributed by atoms with van der Waals surface area (Å²) in [6.45, 7) is 1.67. The first kappa shape index (κ1) is 10.8. The molecule has 3 nitrogen and oxygen atoms in total. The van der Waals surface area contributed by atoms with Gasteiger partial charge in [-0.2, -0.15) is 0 Å². The van der Waals surface area contributed by atoms with E-state index in [0.717, 1.165) is 0 Å². The second-order valence-corrected chi connectivity index (χ2v) is 4.92. The van der Waals surface area contributed by atoms with Gasteiger partial charge in [0.15, 0.2) is 0 Å². The average Bonchev–Trinajstić information content (AvgIpc) is 1.94. The van der Waals surface area contributed by atoms with Crippen LogP contribution in [-0.4, -0.2) is 8.42 Å². The minimum atomic E-state index is -3.76. The molecule has 0 aliphatic heterocycles. The lowest BCUT2D eigenvalue weighted by Crippen LogP contribution is -2.12. The summed E-state index contributed by atoms with van der Waals surface area (Å²) < 4.78 is 21.9. The smallest absolute Gasteiger partial charge is 0.225 e. The second-order valence-electron chi connectivity index (χ2n) is 2.58. The van der Waals surface area contributed by atoms with Crippen LogP contribution in [-0.2, 0) is 10.0 Å². The zero-order chi connectivity index (χ0) is 10.2. The highest BCUT2D eigenvalue weighted by Crippen LogP contribution is 2.27. The molecule has 0 aliphatic carbocycles. The van der Waals surface area contributed by atoms with E-state index in [2.05, 4.69) is 0 Å². The Labute approximate surface area is 86.5 Å². The van der Waals surface area contributed by atoms with E-state index in [1.165, 1.54) is 12.1 Å². The molecule has 2 N–H and O–H groups in total. The van der Waals surface area contributed by atoms with E-state index in [0.29, 0.717) is 10.6 Å². The molecule has 0 aliphatic rings. The van der Waals surface area contributed by atoms with E-state index < -0.39 is 10.0 Å². The van der Waals surface area contributed by atoms with Crippen molar-refractivity contribution >= 4 is 33.2 Å². The van der Waals surface area contributed by atoms with Crippen LogP contribution in [0.25, 0.3) is 0 Å². The lowest BCUT2D eigenvalue weighted by atomic mass is 10.2. The highest BCUT2D eigenvalue weighted by molar-refractivity contribution is 7.89. The van der Waals surface area contributed by atoms with Gasteiger partial charge in [-0.25, -0.2) is 13.6 Å². The van der Waals surface area contributed by atoms with E-state index >= 15 is 0 Å². The lowest BCUT2D eigenvalue weighted by Gasteiger charge is -2.04. The fraction of sp³-hybridized carbons (Fsp3) is 0.143. The number of hydrogen-bond donors (Lipinski definition) is 1. The van der Waals surface area contributed by atoms with E-state index in [9.17, 15) is 8.42 Å². The Bertz CT molecular complexity index is 442. The lowest BCUT2D eigenvalue weighted by molar-refractivity contribution is 0.598. The molecule has 1 aromatic carbocycles. The molecule has 0 heterocycles. The Morgan fingerprint density at radius 2 is 1.77 bits per heavy atom. The van der Waals surface area contributed by atoms with Gasteiger partial charge in [0.05, 0.1) is 5.02 Å². The number of rotatable bonds is 1. The molecule has 0 aromatic heterocycles. The van der Waals surface area contributed by atoms with Crippen molar-refractivity contribution in [3.63, 3.8) is 0 Å². The Morgan fingerprint density at radius 1 is 1.23 bits per heavy atom. The van der Waals surface area contributed by atoms with Crippen LogP contribution < -0.4 is 5.14 Å². The molecule has 0 atom stereocenters. The predicted octanol–water partition coefficient (Wildman–Crippen LogP) is 1.95. The van der Waals surface area contributed by atoms with Crippen LogP contribution in [0, 0.1) is 6.92 Å². The summed E-state index contributed by atoms with van der Waals surface area (Å²) in [4.78, 5) is -0.101. The van der Waals surface area contributed by atoms with Crippen molar-refractivity contribution in [2.45, 2.75) is 11.8 Å². The van der Waals surface area contributed by atoms with Gasteiger partial charge in [-0.1, -0.05) is 23.2 Å². The molecule has 13 heavy (non-hydrogen) atoms. The Morgan fingerprint density at radius 3 is 2.23 bits per heavy atom. The maximum absolute atomic E-state index is 11.0. The van der Waals surface area contributed by atoms with Crippen LogP contribution in [0.4, 0.5) is 0 Å². The third-order valence-electron chi connectivity index (χ3n) is 1.52. The molecule has 0 fully saturated rings. The van der Waals surface area contributed by atoms with Crippen LogP contribution in [0.3, 0.4) is 0 Å². The van der Waals surface area contributed by atoms with Crippen molar-refractivity contribution in [3.05, 3.63) is 27.7 Å². The minimum absolute atomic E-state index is 0.0399. The van der Waals surface area contributed by atoms with E-state index in [-0.39, 0.29) is 9.92 Å². The second kappa shape index (κ2) is 3.46. The molecule has 1 aromatic rings. The van der Waals surface area contributed by atoms with Crippen LogP contribution in [0.2, 0.25) is 10.0 Å². The molecule has 0 saturated heterocycles. The number of aryl methyl sites for hydroxylation is 1. The van der Waals surface area contributed by atoms with E-state index in [1.54, 1.807) is 6.92 Å². The Balaban J connectivity index is 3.50. The van der Waals surface area contributed by atoms with Gasteiger partial charge in [-0.05, 0) is 24.6 Å². The third kappa shape index (κ3) is 2.34. The fourth-order valence-corrected chi connectivity index (χ4v) is 2.23. The maximum Gasteiger partial charge on any atom is 0.239 e. The molecular formula is C7H7Cl2NO2S. The third-order valence-corrected chi connectivity index (χ3v) is 3.30. The molecule has 72 valence electrons. The van der Waals surface area contributed by atoms with Gasteiger partial charge in [0.2, 0.25) is 10.0 Å². The Hall–Kier alpha value is -0.290. The molecular weight excluding hydrogens is 233 g/mol. The number of hydrogen-bond acceptors (Lipinski definition) is 2. The number of halogens is 2. The fourth-order valence-electron chi connectivity index (χ4n) is 0.849. The quantitative estimate of drug-likeness (QED) is 0.815. The number of benzene rings is 1. The SMILES string of the molecule is Cc1cc(S(N)(=O)=O)c(Cl)cc1Cl. The molecule has 0 bridgehead atoms. The van der Waals surface area contributed by atoms with Crippen molar-refractivity contribution in [1.29, 1.82) is 0 Å². The average molecular weight is 240 g/mol. The summed E-state index contributed by atoms with van der Waals surface area (Å²) in [6, 6.07) is 2.71. The largest absolute Gasteiger partial charge is 0.239 e. The van der Waals surface area contributed by atoms with Crippen molar-refractivity contribution in [3.8, 4) is 0 Å². The summed E-state index contributed by atoms with van der Waals surface area (Å²) >= 11 is 11.4. The first-order chi connectivity index (χ1) is 5.82. The molecule has 0 amide bonds. The summed E-state index contributed by atoms with van der Waals surface area (Å²) in [5, 5.41) is 5.38. The van der Waals surface area contributed by atoms with Crippen molar-refractivity contribution < 1.29 is 8.42 Å². The molecule has 1 rings (SSSR count). The predicted molar refractivity (Wildman–Crippen MR) is 52.6 cm³/mol. The number of primary sulfonamides is 1. The van der Waals surface area contributed by atoms with Gasteiger partial charge in [0, 0.05) is 5.02 Å². The van der Waals surface area contributed by atoms with Gasteiger partial charge in [0.25, 0.3) is 0 Å². The highest BCUT2D eigenvalue weighted by atomic mass is 35.5. The van der Waals surface area contributed by atoms with Crippen LogP contribution in [0.5, 0.6) is 0 Å². The molecule has 6 heteroatoms. The zero-order valence-corrected chi connectivity index (χ0v) is 9.04. The van der Waals surface area contributed by atoms with E-state index in [1.807, 2.05) is 0 Å². The van der Waals surface area contributed by atoms with Crippen molar-refractivity contribution in [1.82, 2.24) is 0 Å². The van der Waals surface area contributed by atoms with Gasteiger partial charge < -0.3 is 0 Å². The van der Waals surface area contributed by atoms with Gasteiger partial charge >= 0.3 is 0 Å². The van der Waals surface area contributed by atoms with Crippen LogP contribution in [0.1, 0.15) is 5.56 Å². The summed E-state index contributed by atoms with van der Waals surface area (Å²) in [7, 11) is -3.76. The van der Waals surface area contributed by atoms with Crippen molar-refractivity contribution in [2.75, 3.05) is 0 Å². The minimum Gasteiger partial charge on any atom is -0.225 e. The summed E-state index contributed by atoms with van der Waals surface area (Å²) in [6.07, 6.45) is 0. The summed E-state index contributed by atoms with van der Waals surface area (Å²) in [5.41, 5.74) is 0.620. The zero-order valence-electron chi connectivity index (χ0n) is 6.71. The molecule has 0 unspecified atom stereocenters. The van der Waals surface area contributed by atoms with Crippen LogP contribution >= 0.6 is 23.2 Å². The summed E-state index contributed by atoms with van der Waals surface area (Å²) in [5.74, 6) is 0. The number of sulfonamides is 1. The first-order valence-corrected chi connectivity index (χ1v) is 5.61. The normalized spacial score (nSPS) is 11.7. The highest BCUT2D eigenvalue weighted by Gasteiger charge is 2.14. The standard InChI is InChI=1S/C7H7Cl2NO2S/c1-4-2-7(13(10,11)12)6(9)3-5(4)8/h2-3H,1H3,(H2,10,11,12). The van der Waals surface area contributed by atoms with E-state index in [4.69, 9.17) is 28.3 Å². The monoisotopic (exact) mass is 239 g/mol. The molecule has 0 saturated carbocycles. The van der Waals surface area contributed by atoms with Crippen molar-refractivity contribution in [2.24, 2.45) is 5.14 Å². The first-order valence-electron chi connectivity index (χ1n) is 3.31. The topological polar surface area (TPSA) is 60.2 Å². The van der Waals surface area contributed by atoms with Gasteiger partial charge in [0.1, 0.15) is 4.90 Å². The van der Waals surface area contributed by atoms with Gasteiger partial charge in [-0.15, -0.1) is 0 Å². The number of nitrogens with two attached hydrogens (primary N) is 1. The maximum atomic E-state index is 11.0. The Kier molecular flexibility index (Phi) is 2.87. The van der Waals surface area contributed by atoms with Crippen LogP contribution in [0.15, 0.2) is 17.0 Å². The molecule has 0 radical (unpaired) electrons. The molecule has 0 spiro atoms. The van der Waals surface area contributed by atoms with Gasteiger partial charge in [-0.3, -0.25) is 0 Å².